The van der Waals surface area contributed by atoms with Gasteiger partial charge < -0.3 is 25.0 Å². The lowest BCUT2D eigenvalue weighted by Crippen LogP contribution is -2.50. The van der Waals surface area contributed by atoms with Gasteiger partial charge in [-0.3, -0.25) is 9.59 Å². The number of likely N-dealkylation sites (tertiary alicyclic amines) is 1. The highest BCUT2D eigenvalue weighted by Crippen LogP contribution is 2.27. The van der Waals surface area contributed by atoms with E-state index < -0.39 is 0 Å². The van der Waals surface area contributed by atoms with Gasteiger partial charge in [0, 0.05) is 38.2 Å². The number of rotatable bonds is 8. The molecule has 0 aromatic rings. The lowest BCUT2D eigenvalue weighted by molar-refractivity contribution is -0.138. The van der Waals surface area contributed by atoms with E-state index in [0.29, 0.717) is 25.2 Å². The van der Waals surface area contributed by atoms with E-state index in [1.165, 1.54) is 0 Å². The Hall–Kier alpha value is -0.890. The second-order valence-corrected chi connectivity index (χ2v) is 7.07. The normalized spacial score (nSPS) is 26.1. The zero-order valence-corrected chi connectivity index (χ0v) is 16.8. The Bertz CT molecular complexity index is 431. The molecule has 2 N–H and O–H groups in total. The van der Waals surface area contributed by atoms with Gasteiger partial charge in [-0.2, -0.15) is 0 Å². The number of likely N-dealkylation sites (N-methyl/N-ethyl adjacent to an activating group) is 1. The van der Waals surface area contributed by atoms with E-state index in [2.05, 4.69) is 10.6 Å². The molecular formula is C18H34ClN3O4. The molecule has 0 radical (unpaired) electrons. The Morgan fingerprint density at radius 2 is 1.81 bits per heavy atom. The molecule has 1 aliphatic carbocycles. The van der Waals surface area contributed by atoms with Gasteiger partial charge in [-0.25, -0.2) is 0 Å². The fraction of sp³-hybridized carbons (Fsp3) is 0.889. The molecule has 0 bridgehead atoms. The Labute approximate surface area is 162 Å². The number of nitrogens with one attached hydrogen (secondary N) is 2. The summed E-state index contributed by atoms with van der Waals surface area (Å²) >= 11 is 0. The van der Waals surface area contributed by atoms with Crippen LogP contribution in [0.4, 0.5) is 0 Å². The highest BCUT2D eigenvalue weighted by atomic mass is 35.5. The first-order chi connectivity index (χ1) is 12.1. The van der Waals surface area contributed by atoms with Gasteiger partial charge in [0.25, 0.3) is 0 Å². The fourth-order valence-electron chi connectivity index (χ4n) is 3.73. The maximum Gasteiger partial charge on any atom is 0.246 e. The average molecular weight is 392 g/mol. The third-order valence-corrected chi connectivity index (χ3v) is 5.25. The highest BCUT2D eigenvalue weighted by molar-refractivity contribution is 5.85. The summed E-state index contributed by atoms with van der Waals surface area (Å²) < 4.78 is 10.1. The summed E-state index contributed by atoms with van der Waals surface area (Å²) in [6, 6.07) is 0.584. The molecule has 2 rings (SSSR count). The molecular weight excluding hydrogens is 358 g/mol. The van der Waals surface area contributed by atoms with Crippen LogP contribution in [0.3, 0.4) is 0 Å². The Balaban J connectivity index is 0.00000338. The minimum atomic E-state index is -0.0845. The topological polar surface area (TPSA) is 79.9 Å². The smallest absolute Gasteiger partial charge is 0.246 e. The molecule has 2 aliphatic rings. The lowest BCUT2D eigenvalue weighted by atomic mass is 9.84. The molecule has 1 aliphatic heterocycles. The van der Waals surface area contributed by atoms with Gasteiger partial charge in [0.1, 0.15) is 6.61 Å². The molecule has 7 nitrogen and oxygen atoms in total. The Kier molecular flexibility index (Phi) is 11.1. The molecule has 152 valence electrons. The summed E-state index contributed by atoms with van der Waals surface area (Å²) in [7, 11) is 3.57. The van der Waals surface area contributed by atoms with E-state index in [1.807, 2.05) is 11.9 Å². The van der Waals surface area contributed by atoms with Gasteiger partial charge in [-0.15, -0.1) is 12.4 Å². The van der Waals surface area contributed by atoms with Crippen molar-refractivity contribution in [1.82, 2.24) is 15.5 Å². The monoisotopic (exact) mass is 391 g/mol. The number of nitrogens with zero attached hydrogens (tertiary/aromatic N) is 1. The second-order valence-electron chi connectivity index (χ2n) is 7.07. The van der Waals surface area contributed by atoms with Crippen molar-refractivity contribution < 1.29 is 19.1 Å². The number of methoxy groups -OCH3 is 1. The molecule has 0 aromatic heterocycles. The van der Waals surface area contributed by atoms with Crippen LogP contribution in [0, 0.1) is 5.92 Å². The molecule has 2 amide bonds. The summed E-state index contributed by atoms with van der Waals surface area (Å²) in [5, 5.41) is 6.30. The maximum atomic E-state index is 12.7. The first kappa shape index (κ1) is 23.1. The van der Waals surface area contributed by atoms with Crippen molar-refractivity contribution in [3.05, 3.63) is 0 Å². The predicted octanol–water partition coefficient (Wildman–Crippen LogP) is 0.957. The van der Waals surface area contributed by atoms with Crippen molar-refractivity contribution in [3.8, 4) is 0 Å². The second kappa shape index (κ2) is 12.5. The number of carbonyl (C=O) groups is 2. The summed E-state index contributed by atoms with van der Waals surface area (Å²) in [6.45, 7) is 2.69. The Morgan fingerprint density at radius 3 is 2.46 bits per heavy atom. The summed E-state index contributed by atoms with van der Waals surface area (Å²) in [6.07, 6.45) is 5.66. The third-order valence-electron chi connectivity index (χ3n) is 5.25. The van der Waals surface area contributed by atoms with Crippen molar-refractivity contribution in [2.24, 2.45) is 5.92 Å². The number of halogens is 1. The highest BCUT2D eigenvalue weighted by Gasteiger charge is 2.32. The summed E-state index contributed by atoms with van der Waals surface area (Å²) in [5.74, 6) is 0.327. The molecule has 0 aromatic carbocycles. The quantitative estimate of drug-likeness (QED) is 0.602. The molecule has 2 fully saturated rings. The van der Waals surface area contributed by atoms with E-state index in [-0.39, 0.29) is 36.9 Å². The SMILES string of the molecule is CNC1CCCN(C(=O)C2CCC(NC(=O)COCCOC)CC2)C1.Cl. The van der Waals surface area contributed by atoms with Crippen LogP contribution in [-0.2, 0) is 19.1 Å². The molecule has 1 atom stereocenters. The molecule has 1 saturated carbocycles. The molecule has 1 saturated heterocycles. The lowest BCUT2D eigenvalue weighted by Gasteiger charge is -2.37. The van der Waals surface area contributed by atoms with Gasteiger partial charge in [0.2, 0.25) is 11.8 Å². The molecule has 26 heavy (non-hydrogen) atoms. The van der Waals surface area contributed by atoms with Crippen LogP contribution in [0.15, 0.2) is 0 Å². The van der Waals surface area contributed by atoms with Gasteiger partial charge in [0.15, 0.2) is 0 Å². The standard InChI is InChI=1S/C18H33N3O4.ClH/c1-19-16-4-3-9-21(12-16)18(23)14-5-7-15(8-6-14)20-17(22)13-25-11-10-24-2;/h14-16,19H,3-13H2,1-2H3,(H,20,22);1H. The van der Waals surface area contributed by atoms with E-state index in [9.17, 15) is 9.59 Å². The molecule has 1 heterocycles. The van der Waals surface area contributed by atoms with Crippen LogP contribution >= 0.6 is 12.4 Å². The molecule has 1 unspecified atom stereocenters. The van der Waals surface area contributed by atoms with Crippen LogP contribution in [0.25, 0.3) is 0 Å². The van der Waals surface area contributed by atoms with Crippen molar-refractivity contribution >= 4 is 24.2 Å². The van der Waals surface area contributed by atoms with Crippen molar-refractivity contribution in [2.45, 2.75) is 50.6 Å². The van der Waals surface area contributed by atoms with E-state index in [4.69, 9.17) is 9.47 Å². The number of carbonyl (C=O) groups excluding carboxylic acids is 2. The van der Waals surface area contributed by atoms with Crippen LogP contribution in [-0.4, -0.2) is 75.9 Å². The molecule has 0 spiro atoms. The van der Waals surface area contributed by atoms with Crippen LogP contribution in [0.1, 0.15) is 38.5 Å². The largest absolute Gasteiger partial charge is 0.382 e. The minimum Gasteiger partial charge on any atom is -0.382 e. The zero-order chi connectivity index (χ0) is 18.1. The molecule has 8 heteroatoms. The van der Waals surface area contributed by atoms with Gasteiger partial charge in [0.05, 0.1) is 13.2 Å². The van der Waals surface area contributed by atoms with Gasteiger partial charge in [-0.1, -0.05) is 0 Å². The average Bonchev–Trinajstić information content (AvgIpc) is 2.65. The van der Waals surface area contributed by atoms with Crippen molar-refractivity contribution in [2.75, 3.05) is 47.1 Å². The predicted molar refractivity (Wildman–Crippen MR) is 102 cm³/mol. The van der Waals surface area contributed by atoms with Crippen LogP contribution in [0.5, 0.6) is 0 Å². The van der Waals surface area contributed by atoms with Crippen LogP contribution in [0.2, 0.25) is 0 Å². The van der Waals surface area contributed by atoms with E-state index in [1.54, 1.807) is 7.11 Å². The van der Waals surface area contributed by atoms with E-state index in [0.717, 1.165) is 51.6 Å². The first-order valence-corrected chi connectivity index (χ1v) is 9.46. The fourth-order valence-corrected chi connectivity index (χ4v) is 3.73. The number of piperidine rings is 1. The van der Waals surface area contributed by atoms with Crippen molar-refractivity contribution in [1.29, 1.82) is 0 Å². The summed E-state index contributed by atoms with van der Waals surface area (Å²) in [5.41, 5.74) is 0. The number of ether oxygens (including phenoxy) is 2. The number of hydrogen-bond donors (Lipinski definition) is 2. The minimum absolute atomic E-state index is 0. The first-order valence-electron chi connectivity index (χ1n) is 9.46. The Morgan fingerprint density at radius 1 is 1.08 bits per heavy atom. The third kappa shape index (κ3) is 7.39. The number of amides is 2. The van der Waals surface area contributed by atoms with E-state index >= 15 is 0 Å². The maximum absolute atomic E-state index is 12.7. The van der Waals surface area contributed by atoms with Gasteiger partial charge >= 0.3 is 0 Å². The van der Waals surface area contributed by atoms with Crippen molar-refractivity contribution in [3.63, 3.8) is 0 Å². The number of hydrogen-bond acceptors (Lipinski definition) is 5. The van der Waals surface area contributed by atoms with Gasteiger partial charge in [-0.05, 0) is 45.6 Å². The van der Waals surface area contributed by atoms with Crippen LogP contribution < -0.4 is 10.6 Å². The zero-order valence-electron chi connectivity index (χ0n) is 16.0. The summed E-state index contributed by atoms with van der Waals surface area (Å²) in [4.78, 5) is 26.6.